The molecule has 0 bridgehead atoms. The molecule has 1 aliphatic heterocycles. The Balaban J connectivity index is 1.31. The lowest BCUT2D eigenvalue weighted by Crippen LogP contribution is -2.26. The van der Waals surface area contributed by atoms with Crippen molar-refractivity contribution in [2.75, 3.05) is 20.3 Å². The van der Waals surface area contributed by atoms with E-state index in [1.807, 2.05) is 48.5 Å². The zero-order valence-electron chi connectivity index (χ0n) is 20.4. The largest absolute Gasteiger partial charge is 0.493 e. The minimum atomic E-state index is -0.470. The number of thiazole rings is 1. The number of hydrogen-bond acceptors (Lipinski definition) is 8. The summed E-state index contributed by atoms with van der Waals surface area (Å²) in [7, 11) is 1.62. The normalized spacial score (nSPS) is 15.4. The first kappa shape index (κ1) is 24.1. The van der Waals surface area contributed by atoms with Crippen LogP contribution in [0.5, 0.6) is 23.0 Å². The third kappa shape index (κ3) is 5.16. The standard InChI is InChI=1S/C27H29N3O5S/c1-3-4-5-6-9-14-33-20-13-12-18(15-22(20)32-2)16-24-26(31)30-27(36-24)28-25(29-30)23-17-34-19-10-7-8-11-21(19)35-23/h7-8,10-13,15-16,23H,3-6,9,14,17H2,1-2H3/b24-16+. The molecule has 1 aliphatic rings. The topological polar surface area (TPSA) is 84.2 Å². The minimum Gasteiger partial charge on any atom is -0.493 e. The van der Waals surface area contributed by atoms with Gasteiger partial charge in [0.25, 0.3) is 5.56 Å². The van der Waals surface area contributed by atoms with Gasteiger partial charge in [0.1, 0.15) is 6.61 Å². The molecule has 2 aromatic carbocycles. The molecule has 0 N–H and O–H groups in total. The Hall–Kier alpha value is -3.59. The number of ether oxygens (including phenoxy) is 4. The van der Waals surface area contributed by atoms with E-state index in [4.69, 9.17) is 18.9 Å². The van der Waals surface area contributed by atoms with Crippen molar-refractivity contribution >= 4 is 22.4 Å². The number of benzene rings is 2. The Morgan fingerprint density at radius 3 is 2.75 bits per heavy atom. The van der Waals surface area contributed by atoms with E-state index in [0.29, 0.717) is 44.9 Å². The molecule has 36 heavy (non-hydrogen) atoms. The number of para-hydroxylation sites is 2. The number of hydrogen-bond donors (Lipinski definition) is 0. The van der Waals surface area contributed by atoms with Gasteiger partial charge in [-0.2, -0.15) is 9.50 Å². The molecule has 4 aromatic rings. The summed E-state index contributed by atoms with van der Waals surface area (Å²) in [6, 6.07) is 13.1. The summed E-state index contributed by atoms with van der Waals surface area (Å²) < 4.78 is 25.0. The van der Waals surface area contributed by atoms with E-state index < -0.39 is 6.10 Å². The van der Waals surface area contributed by atoms with Crippen LogP contribution in [0.1, 0.15) is 56.5 Å². The molecule has 0 aliphatic carbocycles. The van der Waals surface area contributed by atoms with Gasteiger partial charge >= 0.3 is 0 Å². The monoisotopic (exact) mass is 507 g/mol. The molecule has 188 valence electrons. The molecule has 3 heterocycles. The molecular weight excluding hydrogens is 478 g/mol. The summed E-state index contributed by atoms with van der Waals surface area (Å²) in [5.74, 6) is 3.10. The number of nitrogens with zero attached hydrogens (tertiary/aromatic N) is 3. The molecule has 0 spiro atoms. The molecule has 0 saturated heterocycles. The highest BCUT2D eigenvalue weighted by Gasteiger charge is 2.27. The van der Waals surface area contributed by atoms with Crippen LogP contribution in [0.2, 0.25) is 0 Å². The predicted molar refractivity (Wildman–Crippen MR) is 138 cm³/mol. The second-order valence-electron chi connectivity index (χ2n) is 8.62. The highest BCUT2D eigenvalue weighted by atomic mass is 32.1. The van der Waals surface area contributed by atoms with Gasteiger partial charge in [-0.3, -0.25) is 4.79 Å². The Kier molecular flexibility index (Phi) is 7.36. The van der Waals surface area contributed by atoms with E-state index in [0.717, 1.165) is 18.4 Å². The third-order valence-corrected chi connectivity index (χ3v) is 6.94. The van der Waals surface area contributed by atoms with Crippen LogP contribution in [-0.2, 0) is 0 Å². The first-order valence-corrected chi connectivity index (χ1v) is 13.1. The lowest BCUT2D eigenvalue weighted by Gasteiger charge is -2.24. The summed E-state index contributed by atoms with van der Waals surface area (Å²) >= 11 is 1.28. The highest BCUT2D eigenvalue weighted by molar-refractivity contribution is 7.15. The van der Waals surface area contributed by atoms with Crippen LogP contribution in [-0.4, -0.2) is 34.9 Å². The first-order chi connectivity index (χ1) is 17.7. The molecule has 0 radical (unpaired) electrons. The van der Waals surface area contributed by atoms with Crippen molar-refractivity contribution in [1.82, 2.24) is 14.6 Å². The van der Waals surface area contributed by atoms with Gasteiger partial charge in [-0.25, -0.2) is 0 Å². The van der Waals surface area contributed by atoms with Gasteiger partial charge in [-0.1, -0.05) is 62.1 Å². The van der Waals surface area contributed by atoms with Crippen molar-refractivity contribution in [3.8, 4) is 23.0 Å². The molecule has 9 heteroatoms. The van der Waals surface area contributed by atoms with Gasteiger partial charge in [0.2, 0.25) is 4.96 Å². The molecule has 1 unspecified atom stereocenters. The lowest BCUT2D eigenvalue weighted by atomic mass is 10.1. The minimum absolute atomic E-state index is 0.225. The fourth-order valence-electron chi connectivity index (χ4n) is 4.06. The fourth-order valence-corrected chi connectivity index (χ4v) is 4.98. The number of rotatable bonds is 10. The molecule has 2 aromatic heterocycles. The maximum atomic E-state index is 13.0. The van der Waals surface area contributed by atoms with Crippen LogP contribution >= 0.6 is 11.3 Å². The maximum absolute atomic E-state index is 13.0. The van der Waals surface area contributed by atoms with E-state index in [1.165, 1.54) is 35.1 Å². The van der Waals surface area contributed by atoms with E-state index in [-0.39, 0.29) is 12.2 Å². The molecule has 1 atom stereocenters. The third-order valence-electron chi connectivity index (χ3n) is 5.99. The summed E-state index contributed by atoms with van der Waals surface area (Å²) in [5.41, 5.74) is 0.613. The van der Waals surface area contributed by atoms with Crippen LogP contribution < -0.4 is 29.0 Å². The average Bonchev–Trinajstić information content (AvgIpc) is 3.45. The van der Waals surface area contributed by atoms with Gasteiger partial charge in [-0.15, -0.1) is 5.10 Å². The van der Waals surface area contributed by atoms with Crippen LogP contribution in [0, 0.1) is 0 Å². The highest BCUT2D eigenvalue weighted by Crippen LogP contribution is 2.35. The molecule has 5 rings (SSSR count). The Morgan fingerprint density at radius 1 is 1.11 bits per heavy atom. The number of aromatic nitrogens is 3. The summed E-state index contributed by atoms with van der Waals surface area (Å²) in [6.45, 7) is 3.15. The summed E-state index contributed by atoms with van der Waals surface area (Å²) in [4.78, 5) is 18.1. The number of unbranched alkanes of at least 4 members (excludes halogenated alkanes) is 4. The smallest absolute Gasteiger partial charge is 0.291 e. The van der Waals surface area contributed by atoms with Crippen LogP contribution in [0.15, 0.2) is 47.3 Å². The van der Waals surface area contributed by atoms with Crippen molar-refractivity contribution in [3.63, 3.8) is 0 Å². The van der Waals surface area contributed by atoms with Gasteiger partial charge in [-0.05, 0) is 42.3 Å². The van der Waals surface area contributed by atoms with Crippen LogP contribution in [0.4, 0.5) is 0 Å². The van der Waals surface area contributed by atoms with Crippen molar-refractivity contribution in [1.29, 1.82) is 0 Å². The van der Waals surface area contributed by atoms with Gasteiger partial charge in [0.05, 0.1) is 18.2 Å². The van der Waals surface area contributed by atoms with Crippen LogP contribution in [0.25, 0.3) is 11.0 Å². The van der Waals surface area contributed by atoms with Gasteiger partial charge in [0.15, 0.2) is 34.9 Å². The average molecular weight is 508 g/mol. The quantitative estimate of drug-likeness (QED) is 0.291. The van der Waals surface area contributed by atoms with Crippen molar-refractivity contribution in [2.45, 2.75) is 45.1 Å². The molecule has 8 nitrogen and oxygen atoms in total. The summed E-state index contributed by atoms with van der Waals surface area (Å²) in [5, 5.41) is 4.41. The van der Waals surface area contributed by atoms with E-state index >= 15 is 0 Å². The molecule has 0 fully saturated rings. The SMILES string of the molecule is CCCCCCCOc1ccc(/C=c2/sc3nc(C4COc5ccccc5O4)nn3c2=O)cc1OC. The van der Waals surface area contributed by atoms with E-state index in [2.05, 4.69) is 17.0 Å². The second-order valence-corrected chi connectivity index (χ2v) is 9.63. The molecular formula is C27H29N3O5S. The Bertz CT molecular complexity index is 1450. The maximum Gasteiger partial charge on any atom is 0.291 e. The van der Waals surface area contributed by atoms with E-state index in [9.17, 15) is 4.79 Å². The molecule has 0 saturated carbocycles. The zero-order valence-corrected chi connectivity index (χ0v) is 21.3. The first-order valence-electron chi connectivity index (χ1n) is 12.3. The van der Waals surface area contributed by atoms with E-state index in [1.54, 1.807) is 7.11 Å². The number of methoxy groups -OCH3 is 1. The van der Waals surface area contributed by atoms with Crippen molar-refractivity contribution < 1.29 is 18.9 Å². The second kappa shape index (κ2) is 11.0. The van der Waals surface area contributed by atoms with Gasteiger partial charge < -0.3 is 18.9 Å². The summed E-state index contributed by atoms with van der Waals surface area (Å²) in [6.07, 6.45) is 7.25. The van der Waals surface area contributed by atoms with Crippen molar-refractivity contribution in [3.05, 3.63) is 68.7 Å². The zero-order chi connectivity index (χ0) is 24.9. The predicted octanol–water partition coefficient (Wildman–Crippen LogP) is 4.57. The van der Waals surface area contributed by atoms with Gasteiger partial charge in [0, 0.05) is 0 Å². The lowest BCUT2D eigenvalue weighted by molar-refractivity contribution is 0.0852. The Labute approximate surface area is 213 Å². The fraction of sp³-hybridized carbons (Fsp3) is 0.370. The number of fused-ring (bicyclic) bond motifs is 2. The van der Waals surface area contributed by atoms with Crippen molar-refractivity contribution in [2.24, 2.45) is 0 Å². The van der Waals surface area contributed by atoms with Crippen LogP contribution in [0.3, 0.4) is 0 Å². The molecule has 0 amide bonds. The Morgan fingerprint density at radius 2 is 1.94 bits per heavy atom.